The third kappa shape index (κ3) is 4.54. The predicted molar refractivity (Wildman–Crippen MR) is 122 cm³/mol. The molecule has 0 saturated heterocycles. The molecular formula is C25H27N2O4+. The molecule has 0 fully saturated rings. The van der Waals surface area contributed by atoms with Gasteiger partial charge in [-0.2, -0.15) is 4.58 Å². The highest BCUT2D eigenvalue weighted by atomic mass is 16.6. The highest BCUT2D eigenvalue weighted by Crippen LogP contribution is 2.40. The molecule has 6 heteroatoms. The molecule has 1 heterocycles. The first-order valence-electron chi connectivity index (χ1n) is 10.2. The maximum Gasteiger partial charge on any atom is 0.269 e. The van der Waals surface area contributed by atoms with Crippen LogP contribution < -0.4 is 0 Å². The normalized spacial score (nSPS) is 14.7. The monoisotopic (exact) mass is 419 g/mol. The van der Waals surface area contributed by atoms with Gasteiger partial charge in [-0.05, 0) is 61.7 Å². The number of β-amino-alcohol motifs (C(OH)–C–C–N with tert-alkyl or cyclic N) is 1. The molecule has 0 atom stereocenters. The van der Waals surface area contributed by atoms with Crippen molar-refractivity contribution in [1.82, 2.24) is 0 Å². The number of nitro benzene ring substituents is 1. The maximum atomic E-state index is 12.1. The van der Waals surface area contributed by atoms with E-state index in [1.165, 1.54) is 12.1 Å². The van der Waals surface area contributed by atoms with Gasteiger partial charge in [-0.25, -0.2) is 0 Å². The van der Waals surface area contributed by atoms with E-state index in [2.05, 4.69) is 31.1 Å². The average Bonchev–Trinajstić information content (AvgIpc) is 2.93. The zero-order valence-corrected chi connectivity index (χ0v) is 18.1. The highest BCUT2D eigenvalue weighted by Gasteiger charge is 2.44. The van der Waals surface area contributed by atoms with Crippen LogP contribution in [0.1, 0.15) is 37.5 Å². The van der Waals surface area contributed by atoms with E-state index in [9.17, 15) is 20.0 Å². The van der Waals surface area contributed by atoms with Crippen LogP contribution in [0.3, 0.4) is 0 Å². The van der Waals surface area contributed by atoms with Gasteiger partial charge in [-0.15, -0.1) is 0 Å². The molecule has 0 unspecified atom stereocenters. The lowest BCUT2D eigenvalue weighted by atomic mass is 9.80. The number of allylic oxidation sites excluding steroid dienone is 2. The number of benzene rings is 2. The first kappa shape index (κ1) is 22.3. The van der Waals surface area contributed by atoms with Crippen LogP contribution in [0.15, 0.2) is 60.7 Å². The quantitative estimate of drug-likeness (QED) is 0.298. The molecule has 3 rings (SSSR count). The topological polar surface area (TPSA) is 83.4 Å². The minimum atomic E-state index is -0.419. The predicted octanol–water partition coefficient (Wildman–Crippen LogP) is 4.36. The number of Topliss-reactive ketones (excluding diaryl/α,β-unsaturated/α-hetero) is 1. The van der Waals surface area contributed by atoms with Crippen molar-refractivity contribution >= 4 is 28.9 Å². The summed E-state index contributed by atoms with van der Waals surface area (Å²) in [7, 11) is 0. The van der Waals surface area contributed by atoms with E-state index in [1.807, 2.05) is 24.3 Å². The van der Waals surface area contributed by atoms with Gasteiger partial charge in [0.2, 0.25) is 5.69 Å². The summed E-state index contributed by atoms with van der Waals surface area (Å²) in [6.45, 7) is 10.1. The zero-order chi connectivity index (χ0) is 22.8. The molecule has 2 aromatic carbocycles. The Labute approximate surface area is 182 Å². The number of nitrogens with zero attached hydrogens (tertiary/aromatic N) is 2. The molecule has 2 aromatic rings. The van der Waals surface area contributed by atoms with Crippen LogP contribution in [0, 0.1) is 10.1 Å². The Bertz CT molecular complexity index is 1110. The molecule has 0 aromatic heterocycles. The number of fused-ring (bicyclic) bond motifs is 1. The first-order chi connectivity index (χ1) is 14.6. The van der Waals surface area contributed by atoms with Crippen LogP contribution in [-0.4, -0.2) is 39.3 Å². The second kappa shape index (κ2) is 8.78. The van der Waals surface area contributed by atoms with Crippen molar-refractivity contribution < 1.29 is 19.4 Å². The molecule has 160 valence electrons. The number of aliphatic hydroxyl groups is 1. The summed E-state index contributed by atoms with van der Waals surface area (Å²) in [6, 6.07) is 12.4. The van der Waals surface area contributed by atoms with Crippen LogP contribution >= 0.6 is 0 Å². The number of non-ortho nitro benzene ring substituents is 1. The standard InChI is InChI=1S/C25H27N2O4/c1-17(2)23(29)16-19-7-11-22-21(15-19)25(3,4)24(26(22)13-14-28)12-8-18-5-9-20(10-6-18)27(30)31/h5-12,15,28H,1,13-14,16H2,2-4H3/q+1/b12-8+. The molecule has 1 N–H and O–H groups in total. The number of hydrogen-bond donors (Lipinski definition) is 1. The highest BCUT2D eigenvalue weighted by molar-refractivity contribution is 6.05. The van der Waals surface area contributed by atoms with E-state index >= 15 is 0 Å². The largest absolute Gasteiger partial charge is 0.390 e. The second-order valence-corrected chi connectivity index (χ2v) is 8.30. The van der Waals surface area contributed by atoms with E-state index in [1.54, 1.807) is 19.1 Å². The third-order valence-electron chi connectivity index (χ3n) is 5.66. The van der Waals surface area contributed by atoms with Crippen molar-refractivity contribution in [1.29, 1.82) is 0 Å². The molecule has 0 radical (unpaired) electrons. The molecule has 0 bridgehead atoms. The Hall–Kier alpha value is -3.38. The molecule has 31 heavy (non-hydrogen) atoms. The Kier molecular flexibility index (Phi) is 6.32. The Balaban J connectivity index is 1.97. The van der Waals surface area contributed by atoms with E-state index in [-0.39, 0.29) is 23.5 Å². The van der Waals surface area contributed by atoms with Crippen LogP contribution in [0.5, 0.6) is 0 Å². The van der Waals surface area contributed by atoms with Gasteiger partial charge in [-0.1, -0.05) is 12.6 Å². The number of carbonyl (C=O) groups excluding carboxylic acids is 1. The lowest BCUT2D eigenvalue weighted by Gasteiger charge is -2.16. The fraction of sp³-hybridized carbons (Fsp3) is 0.280. The molecule has 0 spiro atoms. The molecule has 0 amide bonds. The minimum Gasteiger partial charge on any atom is -0.390 e. The summed E-state index contributed by atoms with van der Waals surface area (Å²) in [5.74, 6) is 0.0187. The van der Waals surface area contributed by atoms with E-state index in [0.717, 1.165) is 28.1 Å². The van der Waals surface area contributed by atoms with E-state index in [4.69, 9.17) is 0 Å². The van der Waals surface area contributed by atoms with Gasteiger partial charge >= 0.3 is 0 Å². The lowest BCUT2D eigenvalue weighted by Crippen LogP contribution is -2.28. The van der Waals surface area contributed by atoms with Gasteiger partial charge < -0.3 is 5.11 Å². The van der Waals surface area contributed by atoms with Crippen LogP contribution in [-0.2, 0) is 16.6 Å². The van der Waals surface area contributed by atoms with Gasteiger partial charge in [0.15, 0.2) is 18.0 Å². The van der Waals surface area contributed by atoms with Crippen molar-refractivity contribution in [2.75, 3.05) is 13.2 Å². The van der Waals surface area contributed by atoms with Crippen molar-refractivity contribution in [3.05, 3.63) is 87.5 Å². The average molecular weight is 420 g/mol. The number of nitro groups is 1. The minimum absolute atomic E-state index is 0.000286. The lowest BCUT2D eigenvalue weighted by molar-refractivity contribution is -0.440. The Morgan fingerprint density at radius 1 is 1.19 bits per heavy atom. The van der Waals surface area contributed by atoms with Crippen molar-refractivity contribution in [2.24, 2.45) is 0 Å². The summed E-state index contributed by atoms with van der Waals surface area (Å²) in [6.07, 6.45) is 4.23. The third-order valence-corrected chi connectivity index (χ3v) is 5.66. The molecule has 1 aliphatic rings. The molecule has 1 aliphatic heterocycles. The maximum absolute atomic E-state index is 12.1. The SMILES string of the molecule is C=C(C)C(=O)Cc1ccc2c(c1)C(C)(C)C(/C=C/c1ccc([N+](=O)[O-])cc1)=[N+]2CCO. The summed E-state index contributed by atoms with van der Waals surface area (Å²) in [5.41, 5.74) is 5.15. The van der Waals surface area contributed by atoms with Crippen molar-refractivity contribution in [3.63, 3.8) is 0 Å². The summed E-state index contributed by atoms with van der Waals surface area (Å²) >= 11 is 0. The molecular weight excluding hydrogens is 392 g/mol. The second-order valence-electron chi connectivity index (χ2n) is 8.30. The van der Waals surface area contributed by atoms with Gasteiger partial charge in [0.1, 0.15) is 6.61 Å². The number of ketones is 1. The van der Waals surface area contributed by atoms with Gasteiger partial charge in [0.05, 0.1) is 10.3 Å². The fourth-order valence-corrected chi connectivity index (χ4v) is 3.89. The van der Waals surface area contributed by atoms with Crippen LogP contribution in [0.25, 0.3) is 6.08 Å². The zero-order valence-electron chi connectivity index (χ0n) is 18.1. The fourth-order valence-electron chi connectivity index (χ4n) is 3.89. The van der Waals surface area contributed by atoms with Gasteiger partial charge in [-0.3, -0.25) is 14.9 Å². The van der Waals surface area contributed by atoms with Gasteiger partial charge in [0, 0.05) is 36.3 Å². The smallest absolute Gasteiger partial charge is 0.269 e. The Morgan fingerprint density at radius 3 is 2.45 bits per heavy atom. The van der Waals surface area contributed by atoms with Gasteiger partial charge in [0.25, 0.3) is 5.69 Å². The summed E-state index contributed by atoms with van der Waals surface area (Å²) < 4.78 is 2.08. The Morgan fingerprint density at radius 2 is 1.87 bits per heavy atom. The molecule has 0 saturated carbocycles. The summed E-state index contributed by atoms with van der Waals surface area (Å²) in [5, 5.41) is 20.5. The first-order valence-corrected chi connectivity index (χ1v) is 10.2. The van der Waals surface area contributed by atoms with E-state index in [0.29, 0.717) is 18.5 Å². The number of rotatable bonds is 8. The number of carbonyl (C=O) groups is 1. The molecule has 0 aliphatic carbocycles. The summed E-state index contributed by atoms with van der Waals surface area (Å²) in [4.78, 5) is 22.6. The van der Waals surface area contributed by atoms with Crippen LogP contribution in [0.2, 0.25) is 0 Å². The molecule has 6 nitrogen and oxygen atoms in total. The van der Waals surface area contributed by atoms with Crippen molar-refractivity contribution in [2.45, 2.75) is 32.6 Å². The van der Waals surface area contributed by atoms with Crippen LogP contribution in [0.4, 0.5) is 11.4 Å². The van der Waals surface area contributed by atoms with E-state index < -0.39 is 4.92 Å². The number of aliphatic hydroxyl groups excluding tert-OH is 1. The number of hydrogen-bond acceptors (Lipinski definition) is 4. The van der Waals surface area contributed by atoms with Crippen molar-refractivity contribution in [3.8, 4) is 0 Å².